The maximum Gasteiger partial charge on any atom is 0.223 e. The molecule has 12 heavy (non-hydrogen) atoms. The molecule has 0 radical (unpaired) electrons. The molecule has 0 rings (SSSR count). The van der Waals surface area contributed by atoms with Crippen molar-refractivity contribution in [2.24, 2.45) is 5.92 Å². The Balaban J connectivity index is 3.59. The van der Waals surface area contributed by atoms with Gasteiger partial charge in [0.05, 0.1) is 6.67 Å². The van der Waals surface area contributed by atoms with Gasteiger partial charge in [-0.2, -0.15) is 0 Å². The summed E-state index contributed by atoms with van der Waals surface area (Å²) < 4.78 is 0. The predicted molar refractivity (Wildman–Crippen MR) is 50.8 cm³/mol. The van der Waals surface area contributed by atoms with Gasteiger partial charge in [-0.15, -0.1) is 0 Å². The smallest absolute Gasteiger partial charge is 0.223 e. The summed E-state index contributed by atoms with van der Waals surface area (Å²) in [5.41, 5.74) is 0. The molecule has 0 saturated carbocycles. The molecule has 3 nitrogen and oxygen atoms in total. The highest BCUT2D eigenvalue weighted by Crippen LogP contribution is 1.91. The Morgan fingerprint density at radius 3 is 2.17 bits per heavy atom. The van der Waals surface area contributed by atoms with Crippen LogP contribution in [-0.4, -0.2) is 30.6 Å². The van der Waals surface area contributed by atoms with E-state index in [-0.39, 0.29) is 11.8 Å². The first kappa shape index (κ1) is 11.4. The molecule has 0 heterocycles. The van der Waals surface area contributed by atoms with Gasteiger partial charge in [0.1, 0.15) is 0 Å². The van der Waals surface area contributed by atoms with Crippen molar-refractivity contribution >= 4 is 5.91 Å². The quantitative estimate of drug-likeness (QED) is 0.629. The van der Waals surface area contributed by atoms with Crippen LogP contribution in [0.1, 0.15) is 27.7 Å². The van der Waals surface area contributed by atoms with Gasteiger partial charge in [0.2, 0.25) is 5.91 Å². The third-order valence-electron chi connectivity index (χ3n) is 1.90. The highest BCUT2D eigenvalue weighted by Gasteiger charge is 2.06. The highest BCUT2D eigenvalue weighted by atomic mass is 16.1. The van der Waals surface area contributed by atoms with Crippen molar-refractivity contribution in [3.8, 4) is 0 Å². The molecule has 0 aliphatic carbocycles. The van der Waals surface area contributed by atoms with Crippen molar-refractivity contribution < 1.29 is 4.79 Å². The Kier molecular flexibility index (Phi) is 5.72. The lowest BCUT2D eigenvalue weighted by atomic mass is 10.2. The molecule has 0 aliphatic heterocycles. The van der Waals surface area contributed by atoms with Crippen molar-refractivity contribution in [2.45, 2.75) is 27.7 Å². The van der Waals surface area contributed by atoms with Crippen LogP contribution in [0.5, 0.6) is 0 Å². The van der Waals surface area contributed by atoms with Crippen LogP contribution >= 0.6 is 0 Å². The Labute approximate surface area is 75.1 Å². The van der Waals surface area contributed by atoms with Crippen molar-refractivity contribution in [2.75, 3.05) is 19.8 Å². The molecule has 1 N–H and O–H groups in total. The van der Waals surface area contributed by atoms with E-state index in [2.05, 4.69) is 24.1 Å². The second-order valence-electron chi connectivity index (χ2n) is 3.16. The summed E-state index contributed by atoms with van der Waals surface area (Å²) >= 11 is 0. The lowest BCUT2D eigenvalue weighted by Gasteiger charge is -2.19. The average Bonchev–Trinajstić information content (AvgIpc) is 2.05. The Morgan fingerprint density at radius 1 is 1.33 bits per heavy atom. The van der Waals surface area contributed by atoms with Gasteiger partial charge in [0.25, 0.3) is 0 Å². The Morgan fingerprint density at radius 2 is 1.83 bits per heavy atom. The Bertz CT molecular complexity index is 130. The lowest BCUT2D eigenvalue weighted by Crippen LogP contribution is -2.39. The van der Waals surface area contributed by atoms with E-state index in [1.165, 1.54) is 0 Å². The molecule has 0 unspecified atom stereocenters. The van der Waals surface area contributed by atoms with Gasteiger partial charge in [-0.25, -0.2) is 0 Å². The molecule has 1 amide bonds. The average molecular weight is 172 g/mol. The maximum atomic E-state index is 11.1. The zero-order chi connectivity index (χ0) is 9.56. The molecular weight excluding hydrogens is 152 g/mol. The molecule has 0 aromatic carbocycles. The molecule has 0 bridgehead atoms. The fraction of sp³-hybridized carbons (Fsp3) is 0.889. The summed E-state index contributed by atoms with van der Waals surface area (Å²) in [4.78, 5) is 13.3. The standard InChI is InChI=1S/C9H20N2O/c1-5-11(6-2)7-10-9(12)8(3)4/h8H,5-7H2,1-4H3,(H,10,12). The third-order valence-corrected chi connectivity index (χ3v) is 1.90. The molecule has 0 atom stereocenters. The van der Waals surface area contributed by atoms with Gasteiger partial charge in [0.15, 0.2) is 0 Å². The molecule has 0 aromatic heterocycles. The summed E-state index contributed by atoms with van der Waals surface area (Å²) in [5, 5.41) is 2.87. The van der Waals surface area contributed by atoms with E-state index in [1.54, 1.807) is 0 Å². The molecule has 0 saturated heterocycles. The van der Waals surface area contributed by atoms with Gasteiger partial charge in [-0.3, -0.25) is 9.69 Å². The van der Waals surface area contributed by atoms with Gasteiger partial charge in [-0.1, -0.05) is 27.7 Å². The number of hydrogen-bond acceptors (Lipinski definition) is 2. The van der Waals surface area contributed by atoms with Crippen LogP contribution in [0.15, 0.2) is 0 Å². The number of nitrogens with one attached hydrogen (secondary N) is 1. The number of amides is 1. The topological polar surface area (TPSA) is 32.3 Å². The summed E-state index contributed by atoms with van der Waals surface area (Å²) in [7, 11) is 0. The predicted octanol–water partition coefficient (Wildman–Crippen LogP) is 1.06. The van der Waals surface area contributed by atoms with Gasteiger partial charge >= 0.3 is 0 Å². The minimum absolute atomic E-state index is 0.0839. The van der Waals surface area contributed by atoms with E-state index in [0.717, 1.165) is 13.1 Å². The van der Waals surface area contributed by atoms with Gasteiger partial charge in [0, 0.05) is 5.92 Å². The normalized spacial score (nSPS) is 10.8. The minimum atomic E-state index is 0.0839. The zero-order valence-electron chi connectivity index (χ0n) is 8.55. The first-order valence-corrected chi connectivity index (χ1v) is 4.61. The summed E-state index contributed by atoms with van der Waals surface area (Å²) in [6.45, 7) is 10.6. The van der Waals surface area contributed by atoms with Crippen LogP contribution in [0, 0.1) is 5.92 Å². The Hall–Kier alpha value is -0.570. The molecule has 0 aromatic rings. The van der Waals surface area contributed by atoms with E-state index >= 15 is 0 Å². The fourth-order valence-electron chi connectivity index (χ4n) is 0.841. The van der Waals surface area contributed by atoms with Crippen LogP contribution in [0.3, 0.4) is 0 Å². The fourth-order valence-corrected chi connectivity index (χ4v) is 0.841. The van der Waals surface area contributed by atoms with E-state index in [1.807, 2.05) is 13.8 Å². The molecule has 0 spiro atoms. The maximum absolute atomic E-state index is 11.1. The monoisotopic (exact) mass is 172 g/mol. The van der Waals surface area contributed by atoms with E-state index in [0.29, 0.717) is 6.67 Å². The number of carbonyl (C=O) groups is 1. The van der Waals surface area contributed by atoms with E-state index < -0.39 is 0 Å². The molecule has 0 fully saturated rings. The second kappa shape index (κ2) is 6.00. The SMILES string of the molecule is CCN(CC)CNC(=O)C(C)C. The van der Waals surface area contributed by atoms with E-state index in [9.17, 15) is 4.79 Å². The van der Waals surface area contributed by atoms with Crippen molar-refractivity contribution in [1.82, 2.24) is 10.2 Å². The van der Waals surface area contributed by atoms with E-state index in [4.69, 9.17) is 0 Å². The van der Waals surface area contributed by atoms with Crippen LogP contribution in [0.25, 0.3) is 0 Å². The van der Waals surface area contributed by atoms with Crippen LogP contribution in [0.4, 0.5) is 0 Å². The summed E-state index contributed by atoms with van der Waals surface area (Å²) in [5.74, 6) is 0.211. The van der Waals surface area contributed by atoms with Crippen molar-refractivity contribution in [3.05, 3.63) is 0 Å². The largest absolute Gasteiger partial charge is 0.343 e. The first-order chi connectivity index (χ1) is 5.61. The second-order valence-corrected chi connectivity index (χ2v) is 3.16. The van der Waals surface area contributed by atoms with Crippen LogP contribution in [0.2, 0.25) is 0 Å². The number of hydrogen-bond donors (Lipinski definition) is 1. The lowest BCUT2D eigenvalue weighted by molar-refractivity contribution is -0.124. The number of carbonyl (C=O) groups excluding carboxylic acids is 1. The van der Waals surface area contributed by atoms with Crippen molar-refractivity contribution in [3.63, 3.8) is 0 Å². The molecule has 0 aliphatic rings. The zero-order valence-corrected chi connectivity index (χ0v) is 8.55. The first-order valence-electron chi connectivity index (χ1n) is 4.61. The van der Waals surface area contributed by atoms with Crippen LogP contribution < -0.4 is 5.32 Å². The van der Waals surface area contributed by atoms with Crippen LogP contribution in [-0.2, 0) is 4.79 Å². The number of nitrogens with zero attached hydrogens (tertiary/aromatic N) is 1. The molecule has 3 heteroatoms. The third kappa shape index (κ3) is 4.34. The van der Waals surface area contributed by atoms with Gasteiger partial charge < -0.3 is 5.32 Å². The van der Waals surface area contributed by atoms with Crippen molar-refractivity contribution in [1.29, 1.82) is 0 Å². The molecule has 72 valence electrons. The minimum Gasteiger partial charge on any atom is -0.343 e. The summed E-state index contributed by atoms with van der Waals surface area (Å²) in [6.07, 6.45) is 0. The number of rotatable bonds is 5. The molecular formula is C9H20N2O. The summed E-state index contributed by atoms with van der Waals surface area (Å²) in [6, 6.07) is 0. The highest BCUT2D eigenvalue weighted by molar-refractivity contribution is 5.77. The van der Waals surface area contributed by atoms with Gasteiger partial charge in [-0.05, 0) is 13.1 Å².